The number of Topliss-reactive ketones (excluding diaryl/α,β-unsaturated/α-hetero) is 1. The van der Waals surface area contributed by atoms with Crippen LogP contribution < -0.4 is 0 Å². The van der Waals surface area contributed by atoms with Gasteiger partial charge in [-0.3, -0.25) is 9.59 Å². The van der Waals surface area contributed by atoms with Crippen molar-refractivity contribution in [2.45, 2.75) is 65.1 Å². The minimum absolute atomic E-state index is 0.167. The van der Waals surface area contributed by atoms with Crippen molar-refractivity contribution in [3.05, 3.63) is 50.4 Å². The number of carbonyl (C=O) groups is 3. The number of nitrogens with zero attached hydrogens (tertiary/aromatic N) is 1. The van der Waals surface area contributed by atoms with Gasteiger partial charge in [-0.15, -0.1) is 11.3 Å². The number of hydrogen-bond acceptors (Lipinski definition) is 7. The second-order valence-corrected chi connectivity index (χ2v) is 9.45. The van der Waals surface area contributed by atoms with Crippen molar-refractivity contribution in [3.63, 3.8) is 0 Å². The average Bonchev–Trinajstić information content (AvgIpc) is 3.05. The molecule has 2 heterocycles. The first kappa shape index (κ1) is 24.2. The zero-order valence-electron chi connectivity index (χ0n) is 17.4. The molecule has 0 aliphatic carbocycles. The molecule has 0 fully saturated rings. The number of cyclic esters (lactones) is 2. The van der Waals surface area contributed by atoms with Crippen LogP contribution in [-0.2, 0) is 36.7 Å². The molecule has 2 rings (SSSR count). The fourth-order valence-electron chi connectivity index (χ4n) is 2.95. The van der Waals surface area contributed by atoms with Gasteiger partial charge < -0.3 is 9.47 Å². The number of allylic oxidation sites excluding steroid dienone is 3. The molecule has 2 atom stereocenters. The average molecular weight is 496 g/mol. The molecule has 0 aromatic carbocycles. The Balaban J connectivity index is 2.21. The molecule has 1 aromatic heterocycles. The number of hydrogen-bond donors (Lipinski definition) is 0. The van der Waals surface area contributed by atoms with Crippen molar-refractivity contribution in [2.24, 2.45) is 0 Å². The Hall–Kier alpha value is -2.06. The maximum atomic E-state index is 12.2. The van der Waals surface area contributed by atoms with Gasteiger partial charge in [0.05, 0.1) is 10.7 Å². The maximum absolute atomic E-state index is 12.2. The first-order chi connectivity index (χ1) is 14.2. The summed E-state index contributed by atoms with van der Waals surface area (Å²) >= 11 is 4.84. The minimum atomic E-state index is -0.518. The number of esters is 2. The van der Waals surface area contributed by atoms with Crippen molar-refractivity contribution in [1.29, 1.82) is 0 Å². The summed E-state index contributed by atoms with van der Waals surface area (Å²) in [6.45, 7) is 5.53. The quantitative estimate of drug-likeness (QED) is 0.417. The van der Waals surface area contributed by atoms with Crippen LogP contribution in [0.2, 0.25) is 0 Å². The highest BCUT2D eigenvalue weighted by molar-refractivity contribution is 9.11. The number of ether oxygens (including phenoxy) is 2. The zero-order chi connectivity index (χ0) is 22.1. The lowest BCUT2D eigenvalue weighted by atomic mass is 10.1. The van der Waals surface area contributed by atoms with Crippen LogP contribution in [-0.4, -0.2) is 34.9 Å². The van der Waals surface area contributed by atoms with Gasteiger partial charge in [0.15, 0.2) is 0 Å². The van der Waals surface area contributed by atoms with E-state index in [1.807, 2.05) is 25.3 Å². The highest BCUT2D eigenvalue weighted by Gasteiger charge is 2.17. The van der Waals surface area contributed by atoms with Crippen molar-refractivity contribution in [2.75, 3.05) is 0 Å². The molecule has 6 nitrogen and oxygen atoms in total. The van der Waals surface area contributed by atoms with Gasteiger partial charge in [0, 0.05) is 30.7 Å². The lowest BCUT2D eigenvalue weighted by Gasteiger charge is -2.13. The summed E-state index contributed by atoms with van der Waals surface area (Å²) in [6.07, 6.45) is 7.18. The molecule has 0 saturated carbocycles. The molecule has 0 spiro atoms. The van der Waals surface area contributed by atoms with Gasteiger partial charge in [-0.25, -0.2) is 9.78 Å². The minimum Gasteiger partial charge on any atom is -0.462 e. The Morgan fingerprint density at radius 1 is 1.23 bits per heavy atom. The summed E-state index contributed by atoms with van der Waals surface area (Å²) in [6, 6.07) is 0. The third-order valence-corrected chi connectivity index (χ3v) is 5.40. The number of aromatic nitrogens is 1. The standard InChI is InChI=1S/C22H26BrNO5S/c1-14-5-4-6-21(26)29-19(10-15(2)23)12-20-24-17(13-30-20)7-8-18(25)11-22(27)28-16(3)9-14/h4-6,10,13,16,19H,7-9,11-12H2,1-3H3/b6-4-,14-5+,15-10+/t16-,19+/m0/s1. The lowest BCUT2D eigenvalue weighted by Crippen LogP contribution is -2.18. The van der Waals surface area contributed by atoms with Gasteiger partial charge in [-0.05, 0) is 37.8 Å². The maximum Gasteiger partial charge on any atom is 0.331 e. The molecule has 0 amide bonds. The molecule has 0 N–H and O–H groups in total. The summed E-state index contributed by atoms with van der Waals surface area (Å²) < 4.78 is 11.7. The van der Waals surface area contributed by atoms with E-state index in [1.54, 1.807) is 19.1 Å². The van der Waals surface area contributed by atoms with E-state index in [9.17, 15) is 14.4 Å². The molecule has 0 radical (unpaired) electrons. The van der Waals surface area contributed by atoms with Crippen molar-refractivity contribution in [1.82, 2.24) is 4.98 Å². The molecule has 1 aromatic rings. The number of halogens is 1. The second-order valence-electron chi connectivity index (χ2n) is 7.26. The third-order valence-electron chi connectivity index (χ3n) is 4.21. The summed E-state index contributed by atoms with van der Waals surface area (Å²) in [5.74, 6) is -1.13. The second kappa shape index (κ2) is 12.0. The predicted molar refractivity (Wildman–Crippen MR) is 119 cm³/mol. The Morgan fingerprint density at radius 3 is 2.73 bits per heavy atom. The Morgan fingerprint density at radius 2 is 2.00 bits per heavy atom. The largest absolute Gasteiger partial charge is 0.462 e. The Labute approximate surface area is 189 Å². The van der Waals surface area contributed by atoms with Gasteiger partial charge in [0.1, 0.15) is 24.4 Å². The van der Waals surface area contributed by atoms with Crippen LogP contribution in [0.15, 0.2) is 39.7 Å². The smallest absolute Gasteiger partial charge is 0.331 e. The summed E-state index contributed by atoms with van der Waals surface area (Å²) in [5.41, 5.74) is 1.72. The molecule has 1 aliphatic rings. The van der Waals surface area contributed by atoms with Crippen LogP contribution >= 0.6 is 27.3 Å². The number of carbonyl (C=O) groups excluding carboxylic acids is 3. The van der Waals surface area contributed by atoms with E-state index in [4.69, 9.17) is 9.47 Å². The molecule has 162 valence electrons. The number of ketones is 1. The van der Waals surface area contributed by atoms with Gasteiger partial charge >= 0.3 is 11.9 Å². The van der Waals surface area contributed by atoms with Gasteiger partial charge in [0.25, 0.3) is 0 Å². The Kier molecular flexibility index (Phi) is 9.65. The summed E-state index contributed by atoms with van der Waals surface area (Å²) in [7, 11) is 0. The normalized spacial score (nSPS) is 25.8. The fourth-order valence-corrected chi connectivity index (χ4v) is 4.11. The van der Waals surface area contributed by atoms with Crippen LogP contribution in [0.3, 0.4) is 0 Å². The predicted octanol–water partition coefficient (Wildman–Crippen LogP) is 4.63. The van der Waals surface area contributed by atoms with Gasteiger partial charge in [-0.2, -0.15) is 0 Å². The van der Waals surface area contributed by atoms with Crippen molar-refractivity contribution in [3.8, 4) is 0 Å². The highest BCUT2D eigenvalue weighted by atomic mass is 79.9. The first-order valence-corrected chi connectivity index (χ1v) is 11.4. The number of aryl methyl sites for hydroxylation is 1. The Bertz CT molecular complexity index is 867. The summed E-state index contributed by atoms with van der Waals surface area (Å²) in [5, 5.41) is 2.70. The zero-order valence-corrected chi connectivity index (χ0v) is 19.8. The monoisotopic (exact) mass is 495 g/mol. The van der Waals surface area contributed by atoms with Crippen LogP contribution in [0.1, 0.15) is 50.7 Å². The van der Waals surface area contributed by atoms with Crippen molar-refractivity contribution < 1.29 is 23.9 Å². The lowest BCUT2D eigenvalue weighted by molar-refractivity contribution is -0.150. The van der Waals surface area contributed by atoms with Crippen molar-refractivity contribution >= 4 is 45.0 Å². The SMILES string of the molecule is C/C(Br)=C\[C@@H]1Cc2nc(cs2)CCC(=O)CC(=O)O[C@@H](C)C/C(C)=C/C=C\C(=O)O1. The molecular weight excluding hydrogens is 470 g/mol. The fraction of sp³-hybridized carbons (Fsp3) is 0.455. The highest BCUT2D eigenvalue weighted by Crippen LogP contribution is 2.18. The van der Waals surface area contributed by atoms with E-state index in [-0.39, 0.29) is 24.7 Å². The topological polar surface area (TPSA) is 82.6 Å². The van der Waals surface area contributed by atoms with E-state index < -0.39 is 18.0 Å². The van der Waals surface area contributed by atoms with E-state index in [0.717, 1.165) is 20.8 Å². The van der Waals surface area contributed by atoms with E-state index in [2.05, 4.69) is 20.9 Å². The molecule has 1 aliphatic heterocycles. The van der Waals surface area contributed by atoms with E-state index in [0.29, 0.717) is 19.3 Å². The molecule has 2 bridgehead atoms. The summed E-state index contributed by atoms with van der Waals surface area (Å²) in [4.78, 5) is 40.8. The van der Waals surface area contributed by atoms with Gasteiger partial charge in [0.2, 0.25) is 0 Å². The molecule has 0 unspecified atom stereocenters. The number of thiazole rings is 1. The van der Waals surface area contributed by atoms with Crippen LogP contribution in [0, 0.1) is 0 Å². The molecule has 8 heteroatoms. The van der Waals surface area contributed by atoms with E-state index in [1.165, 1.54) is 17.4 Å². The van der Waals surface area contributed by atoms with Gasteiger partial charge in [-0.1, -0.05) is 33.7 Å². The third kappa shape index (κ3) is 9.17. The molecule has 0 saturated heterocycles. The first-order valence-electron chi connectivity index (χ1n) is 9.74. The molecular formula is C22H26BrNO5S. The number of fused-ring (bicyclic) bond motifs is 2. The van der Waals surface area contributed by atoms with Crippen LogP contribution in [0.25, 0.3) is 0 Å². The van der Waals surface area contributed by atoms with Crippen LogP contribution in [0.5, 0.6) is 0 Å². The molecule has 30 heavy (non-hydrogen) atoms. The van der Waals surface area contributed by atoms with Crippen LogP contribution in [0.4, 0.5) is 0 Å². The van der Waals surface area contributed by atoms with E-state index >= 15 is 0 Å². The number of rotatable bonds is 1.